The molecule has 1 aromatic carbocycles. The number of nitrogens with one attached hydrogen (secondary N) is 3. The Bertz CT molecular complexity index is 1640. The third kappa shape index (κ3) is 15.9. The van der Waals surface area contributed by atoms with Crippen LogP contribution in [0.5, 0.6) is 5.75 Å². The highest BCUT2D eigenvalue weighted by atomic mass is 16.5. The number of ether oxygens (including phenoxy) is 1. The minimum atomic E-state index is -0.242. The first-order chi connectivity index (χ1) is 25.0. The lowest BCUT2D eigenvalue weighted by Crippen LogP contribution is -2.15. The number of methoxy groups -OCH3 is 1. The van der Waals surface area contributed by atoms with Gasteiger partial charge in [-0.1, -0.05) is 92.4 Å². The van der Waals surface area contributed by atoms with Crippen LogP contribution in [0.3, 0.4) is 0 Å². The summed E-state index contributed by atoms with van der Waals surface area (Å²) in [5.41, 5.74) is 10.9. The van der Waals surface area contributed by atoms with Gasteiger partial charge in [0, 0.05) is 35.7 Å². The van der Waals surface area contributed by atoms with Crippen molar-refractivity contribution in [3.05, 3.63) is 83.2 Å². The predicted octanol–water partition coefficient (Wildman–Crippen LogP) is 9.93. The molecular formula is C42H62N8O2. The number of aromatic nitrogens is 3. The van der Waals surface area contributed by atoms with Crippen molar-refractivity contribution in [1.82, 2.24) is 15.0 Å². The molecule has 0 radical (unpaired) electrons. The zero-order valence-electron chi connectivity index (χ0n) is 33.1. The summed E-state index contributed by atoms with van der Waals surface area (Å²) in [4.78, 5) is 27.4. The van der Waals surface area contributed by atoms with Crippen molar-refractivity contribution >= 4 is 34.9 Å². The molecule has 2 aromatic heterocycles. The Morgan fingerprint density at radius 2 is 1.77 bits per heavy atom. The zero-order chi connectivity index (χ0) is 39.1. The van der Waals surface area contributed by atoms with Crippen LogP contribution in [0, 0.1) is 41.4 Å². The minimum Gasteiger partial charge on any atom is -0.494 e. The highest BCUT2D eigenvalue weighted by molar-refractivity contribution is 6.11. The molecule has 1 atom stereocenters. The SMILES string of the molecule is C/C=C(\C=N)c1c(C)ccc(N/C(=C/C(N)=NC(=O)C2CC2)c2ncc(C#N)[nH]2)c1OC.CCC.CCC(C)CC.CCC(C)Cc1ccccn1. The highest BCUT2D eigenvalue weighted by Crippen LogP contribution is 2.37. The van der Waals surface area contributed by atoms with Crippen LogP contribution in [0.25, 0.3) is 11.3 Å². The average molecular weight is 711 g/mol. The van der Waals surface area contributed by atoms with Gasteiger partial charge in [0.05, 0.1) is 24.7 Å². The van der Waals surface area contributed by atoms with Crippen LogP contribution < -0.4 is 15.8 Å². The minimum absolute atomic E-state index is 0.0271. The number of pyridine rings is 1. The number of imidazole rings is 1. The van der Waals surface area contributed by atoms with Crippen molar-refractivity contribution in [3.8, 4) is 11.8 Å². The van der Waals surface area contributed by atoms with Crippen LogP contribution in [0.1, 0.15) is 122 Å². The van der Waals surface area contributed by atoms with E-state index in [4.69, 9.17) is 21.1 Å². The van der Waals surface area contributed by atoms with Crippen LogP contribution in [-0.2, 0) is 11.2 Å². The maximum atomic E-state index is 12.0. The second kappa shape index (κ2) is 25.0. The smallest absolute Gasteiger partial charge is 0.250 e. The Balaban J connectivity index is 0.000000551. The number of aryl methyl sites for hydroxylation is 1. The maximum absolute atomic E-state index is 12.0. The van der Waals surface area contributed by atoms with E-state index in [1.165, 1.54) is 49.9 Å². The number of amidine groups is 1. The predicted molar refractivity (Wildman–Crippen MR) is 218 cm³/mol. The Labute approximate surface area is 312 Å². The van der Waals surface area contributed by atoms with Gasteiger partial charge in [-0.2, -0.15) is 10.3 Å². The molecule has 0 spiro atoms. The zero-order valence-corrected chi connectivity index (χ0v) is 33.1. The van der Waals surface area contributed by atoms with Gasteiger partial charge >= 0.3 is 0 Å². The summed E-state index contributed by atoms with van der Waals surface area (Å²) >= 11 is 0. The Morgan fingerprint density at radius 1 is 1.12 bits per heavy atom. The fourth-order valence-corrected chi connectivity index (χ4v) is 4.51. The monoisotopic (exact) mass is 710 g/mol. The highest BCUT2D eigenvalue weighted by Gasteiger charge is 2.29. The van der Waals surface area contributed by atoms with E-state index in [0.717, 1.165) is 42.2 Å². The van der Waals surface area contributed by atoms with E-state index in [1.807, 2.05) is 56.5 Å². The van der Waals surface area contributed by atoms with Gasteiger partial charge in [-0.05, 0) is 74.3 Å². The molecule has 0 aliphatic heterocycles. The summed E-state index contributed by atoms with van der Waals surface area (Å²) in [6, 6.07) is 11.8. The molecule has 1 fully saturated rings. The van der Waals surface area contributed by atoms with E-state index in [1.54, 1.807) is 7.11 Å². The molecule has 2 heterocycles. The number of amides is 1. The summed E-state index contributed by atoms with van der Waals surface area (Å²) in [6.07, 6.45) is 15.8. The lowest BCUT2D eigenvalue weighted by Gasteiger charge is -2.18. The van der Waals surface area contributed by atoms with Crippen molar-refractivity contribution in [2.75, 3.05) is 12.4 Å². The van der Waals surface area contributed by atoms with Gasteiger partial charge in [0.25, 0.3) is 5.91 Å². The van der Waals surface area contributed by atoms with Crippen LogP contribution >= 0.6 is 0 Å². The Kier molecular flexibility index (Phi) is 21.6. The number of anilines is 1. The van der Waals surface area contributed by atoms with Crippen molar-refractivity contribution in [2.24, 2.45) is 28.5 Å². The van der Waals surface area contributed by atoms with Crippen LogP contribution in [0.2, 0.25) is 0 Å². The number of hydrogen-bond donors (Lipinski definition) is 4. The number of rotatable bonds is 13. The Morgan fingerprint density at radius 3 is 2.23 bits per heavy atom. The summed E-state index contributed by atoms with van der Waals surface area (Å²) in [6.45, 7) is 19.3. The number of allylic oxidation sites excluding steroid dienone is 2. The number of carbonyl (C=O) groups is 1. The number of aliphatic imine (C=N–C) groups is 1. The number of nitrogens with two attached hydrogens (primary N) is 1. The van der Waals surface area contributed by atoms with Crippen LogP contribution in [0.15, 0.2) is 59.9 Å². The maximum Gasteiger partial charge on any atom is 0.250 e. The largest absolute Gasteiger partial charge is 0.494 e. The molecule has 10 heteroatoms. The normalized spacial score (nSPS) is 13.2. The van der Waals surface area contributed by atoms with Gasteiger partial charge in [0.15, 0.2) is 5.82 Å². The number of nitriles is 1. The molecular weight excluding hydrogens is 649 g/mol. The molecule has 1 amide bonds. The molecule has 5 N–H and O–H groups in total. The lowest BCUT2D eigenvalue weighted by molar-refractivity contribution is -0.118. The molecule has 52 heavy (non-hydrogen) atoms. The second-order valence-electron chi connectivity index (χ2n) is 13.0. The average Bonchev–Trinajstić information content (AvgIpc) is 3.90. The summed E-state index contributed by atoms with van der Waals surface area (Å²) < 4.78 is 5.68. The number of hydrogen-bond acceptors (Lipinski definition) is 7. The molecule has 1 aliphatic carbocycles. The first kappa shape index (κ1) is 45.0. The van der Waals surface area contributed by atoms with E-state index in [0.29, 0.717) is 28.5 Å². The van der Waals surface area contributed by atoms with Gasteiger partial charge in [-0.15, -0.1) is 0 Å². The van der Waals surface area contributed by atoms with Gasteiger partial charge in [-0.25, -0.2) is 4.98 Å². The van der Waals surface area contributed by atoms with E-state index in [9.17, 15) is 4.79 Å². The van der Waals surface area contributed by atoms with Crippen LogP contribution in [0.4, 0.5) is 5.69 Å². The van der Waals surface area contributed by atoms with E-state index < -0.39 is 0 Å². The molecule has 0 bridgehead atoms. The molecule has 282 valence electrons. The van der Waals surface area contributed by atoms with E-state index in [-0.39, 0.29) is 23.4 Å². The topological polar surface area (TPSA) is 166 Å². The molecule has 1 aliphatic rings. The molecule has 0 saturated heterocycles. The second-order valence-corrected chi connectivity index (χ2v) is 13.0. The van der Waals surface area contributed by atoms with Crippen molar-refractivity contribution in [1.29, 1.82) is 10.7 Å². The van der Waals surface area contributed by atoms with Crippen molar-refractivity contribution in [2.45, 2.75) is 107 Å². The summed E-state index contributed by atoms with van der Waals surface area (Å²) in [7, 11) is 1.55. The third-order valence-electron chi connectivity index (χ3n) is 8.38. The molecule has 3 aromatic rings. The number of carbonyl (C=O) groups excluding carboxylic acids is 1. The lowest BCUT2D eigenvalue weighted by atomic mass is 9.98. The number of benzene rings is 1. The standard InChI is InChI=1S/C23H25N7O2.C10H15N.C6H14.C3H8/c1-4-14(10-24)20-13(2)5-8-17(21(20)32-3)29-18(22-27-12-16(11-25)28-22)9-19(26)30-23(31)15-6-7-15;1-3-9(2)8-10-6-4-5-7-11-10;1-4-6(3)5-2;1-3-2/h4-5,8-10,12,15,24,29H,6-7H2,1-3H3,(H,27,28)(H2,26,30,31);4-7,9H,3,8H2,1-2H3;6H,4-5H2,1-3H3;3H2,1-2H3/b14-4+,18-9+,24-10?;;;. The number of H-pyrrole nitrogens is 1. The van der Waals surface area contributed by atoms with Gasteiger partial charge in [-0.3, -0.25) is 9.78 Å². The third-order valence-corrected chi connectivity index (χ3v) is 8.38. The van der Waals surface area contributed by atoms with E-state index >= 15 is 0 Å². The van der Waals surface area contributed by atoms with Gasteiger partial charge < -0.3 is 26.2 Å². The fourth-order valence-electron chi connectivity index (χ4n) is 4.51. The van der Waals surface area contributed by atoms with E-state index in [2.05, 4.69) is 79.8 Å². The first-order valence-corrected chi connectivity index (χ1v) is 18.5. The van der Waals surface area contributed by atoms with Crippen molar-refractivity contribution < 1.29 is 9.53 Å². The molecule has 4 rings (SSSR count). The fraction of sp³-hybridized carbons (Fsp3) is 0.476. The summed E-state index contributed by atoms with van der Waals surface area (Å²) in [5.74, 6) is 2.31. The Hall–Kier alpha value is -5.04. The molecule has 1 saturated carbocycles. The summed E-state index contributed by atoms with van der Waals surface area (Å²) in [5, 5.41) is 20.1. The number of aromatic amines is 1. The van der Waals surface area contributed by atoms with Gasteiger partial charge in [0.1, 0.15) is 23.3 Å². The van der Waals surface area contributed by atoms with Crippen LogP contribution in [-0.4, -0.2) is 40.0 Å². The van der Waals surface area contributed by atoms with Crippen molar-refractivity contribution in [3.63, 3.8) is 0 Å². The molecule has 1 unspecified atom stereocenters. The quantitative estimate of drug-likeness (QED) is 0.101. The number of nitrogens with zero attached hydrogens (tertiary/aromatic N) is 4. The molecule has 10 nitrogen and oxygen atoms in total. The van der Waals surface area contributed by atoms with Gasteiger partial charge in [0.2, 0.25) is 0 Å². The first-order valence-electron chi connectivity index (χ1n) is 18.5.